The van der Waals surface area contributed by atoms with Crippen LogP contribution in [-0.2, 0) is 17.6 Å². The molecule has 0 aliphatic rings. The van der Waals surface area contributed by atoms with E-state index >= 15 is 0 Å². The van der Waals surface area contributed by atoms with Gasteiger partial charge in [-0.2, -0.15) is 0 Å². The maximum atomic E-state index is 10.6. The summed E-state index contributed by atoms with van der Waals surface area (Å²) in [5.74, 6) is -0.823. The van der Waals surface area contributed by atoms with Gasteiger partial charge in [0.2, 0.25) is 0 Å². The van der Waals surface area contributed by atoms with Gasteiger partial charge in [0.15, 0.2) is 0 Å². The molecule has 0 bridgehead atoms. The number of nitrogens with one attached hydrogen (secondary N) is 1. The van der Waals surface area contributed by atoms with E-state index in [0.717, 1.165) is 50.6 Å². The standard InChI is InChI=1S/C14H25N3O2S/c1-3-17(4-2)9-5-7-15-8-6-13-16-12(11-20-13)10-14(18)19/h11,15H,3-10H2,1-2H3,(H,18,19). The van der Waals surface area contributed by atoms with Crippen LogP contribution in [0.5, 0.6) is 0 Å². The second-order valence-corrected chi connectivity index (χ2v) is 5.63. The first kappa shape index (κ1) is 17.1. The number of nitrogens with zero attached hydrogens (tertiary/aromatic N) is 2. The third kappa shape index (κ3) is 6.98. The molecule has 0 aliphatic heterocycles. The van der Waals surface area contributed by atoms with Crippen LogP contribution in [0.3, 0.4) is 0 Å². The molecule has 0 saturated heterocycles. The first-order chi connectivity index (χ1) is 9.65. The lowest BCUT2D eigenvalue weighted by Crippen LogP contribution is -2.27. The van der Waals surface area contributed by atoms with E-state index in [-0.39, 0.29) is 6.42 Å². The third-order valence-electron chi connectivity index (χ3n) is 3.17. The summed E-state index contributed by atoms with van der Waals surface area (Å²) >= 11 is 1.54. The number of carboxylic acid groups (broad SMARTS) is 1. The zero-order valence-corrected chi connectivity index (χ0v) is 13.2. The molecule has 1 rings (SSSR count). The van der Waals surface area contributed by atoms with Crippen molar-refractivity contribution in [3.8, 4) is 0 Å². The highest BCUT2D eigenvalue weighted by atomic mass is 32.1. The normalized spacial score (nSPS) is 11.2. The Hall–Kier alpha value is -0.980. The molecule has 6 heteroatoms. The van der Waals surface area contributed by atoms with E-state index in [4.69, 9.17) is 5.11 Å². The van der Waals surface area contributed by atoms with E-state index < -0.39 is 5.97 Å². The van der Waals surface area contributed by atoms with Crippen molar-refractivity contribution in [2.24, 2.45) is 0 Å². The molecule has 0 aromatic carbocycles. The zero-order chi connectivity index (χ0) is 14.8. The monoisotopic (exact) mass is 299 g/mol. The highest BCUT2D eigenvalue weighted by molar-refractivity contribution is 7.09. The van der Waals surface area contributed by atoms with Gasteiger partial charge in [0.1, 0.15) is 0 Å². The number of carboxylic acids is 1. The molecule has 5 nitrogen and oxygen atoms in total. The van der Waals surface area contributed by atoms with E-state index in [0.29, 0.717) is 5.69 Å². The van der Waals surface area contributed by atoms with Gasteiger partial charge >= 0.3 is 5.97 Å². The van der Waals surface area contributed by atoms with Crippen LogP contribution in [0.15, 0.2) is 5.38 Å². The SMILES string of the molecule is CCN(CC)CCCNCCc1nc(CC(=O)O)cs1. The second kappa shape index (κ2) is 9.85. The quantitative estimate of drug-likeness (QED) is 0.608. The predicted octanol–water partition coefficient (Wildman–Crippen LogP) is 1.63. The van der Waals surface area contributed by atoms with Gasteiger partial charge in [-0.3, -0.25) is 4.79 Å². The minimum Gasteiger partial charge on any atom is -0.481 e. The summed E-state index contributed by atoms with van der Waals surface area (Å²) in [4.78, 5) is 17.3. The Morgan fingerprint density at radius 3 is 2.80 bits per heavy atom. The first-order valence-electron chi connectivity index (χ1n) is 7.23. The smallest absolute Gasteiger partial charge is 0.309 e. The average Bonchev–Trinajstić information content (AvgIpc) is 2.85. The topological polar surface area (TPSA) is 65.5 Å². The Bertz CT molecular complexity index is 392. The lowest BCUT2D eigenvalue weighted by atomic mass is 10.3. The fourth-order valence-corrected chi connectivity index (χ4v) is 2.79. The van der Waals surface area contributed by atoms with Crippen molar-refractivity contribution in [2.75, 3.05) is 32.7 Å². The van der Waals surface area contributed by atoms with Gasteiger partial charge < -0.3 is 15.3 Å². The molecular weight excluding hydrogens is 274 g/mol. The number of hydrogen-bond acceptors (Lipinski definition) is 5. The number of aliphatic carboxylic acids is 1. The minimum absolute atomic E-state index is 0.0216. The largest absolute Gasteiger partial charge is 0.481 e. The van der Waals surface area contributed by atoms with Gasteiger partial charge in [0.25, 0.3) is 0 Å². The Morgan fingerprint density at radius 1 is 1.40 bits per heavy atom. The van der Waals surface area contributed by atoms with E-state index in [9.17, 15) is 4.79 Å². The summed E-state index contributed by atoms with van der Waals surface area (Å²) in [6.07, 6.45) is 2.05. The van der Waals surface area contributed by atoms with E-state index in [1.54, 1.807) is 11.3 Å². The number of aromatic nitrogens is 1. The molecule has 1 aromatic heterocycles. The summed E-state index contributed by atoms with van der Waals surface area (Å²) in [5.41, 5.74) is 0.666. The van der Waals surface area contributed by atoms with Crippen LogP contribution in [0.1, 0.15) is 31.0 Å². The van der Waals surface area contributed by atoms with Crippen LogP contribution >= 0.6 is 11.3 Å². The van der Waals surface area contributed by atoms with Crippen LogP contribution in [-0.4, -0.2) is 53.7 Å². The van der Waals surface area contributed by atoms with Crippen LogP contribution < -0.4 is 5.32 Å². The molecule has 0 amide bonds. The van der Waals surface area contributed by atoms with E-state index in [1.807, 2.05) is 5.38 Å². The Balaban J connectivity index is 2.09. The van der Waals surface area contributed by atoms with Gasteiger partial charge in [-0.1, -0.05) is 13.8 Å². The molecule has 0 atom stereocenters. The molecule has 0 unspecified atom stereocenters. The van der Waals surface area contributed by atoms with Crippen molar-refractivity contribution in [3.63, 3.8) is 0 Å². The van der Waals surface area contributed by atoms with Crippen molar-refractivity contribution >= 4 is 17.3 Å². The molecule has 2 N–H and O–H groups in total. The van der Waals surface area contributed by atoms with Crippen molar-refractivity contribution in [1.82, 2.24) is 15.2 Å². The summed E-state index contributed by atoms with van der Waals surface area (Å²) in [6, 6.07) is 0. The molecular formula is C14H25N3O2S. The van der Waals surface area contributed by atoms with Gasteiger partial charge in [-0.05, 0) is 32.6 Å². The molecule has 0 fully saturated rings. The van der Waals surface area contributed by atoms with Gasteiger partial charge in [0, 0.05) is 18.3 Å². The van der Waals surface area contributed by atoms with E-state index in [1.165, 1.54) is 0 Å². The third-order valence-corrected chi connectivity index (χ3v) is 4.13. The summed E-state index contributed by atoms with van der Waals surface area (Å²) in [5, 5.41) is 14.9. The van der Waals surface area contributed by atoms with Gasteiger partial charge in [0.05, 0.1) is 17.1 Å². The fraction of sp³-hybridized carbons (Fsp3) is 0.714. The van der Waals surface area contributed by atoms with Crippen LogP contribution in [0.25, 0.3) is 0 Å². The number of rotatable bonds is 11. The highest BCUT2D eigenvalue weighted by Gasteiger charge is 2.05. The molecule has 20 heavy (non-hydrogen) atoms. The van der Waals surface area contributed by atoms with Crippen molar-refractivity contribution in [3.05, 3.63) is 16.1 Å². The van der Waals surface area contributed by atoms with Gasteiger partial charge in [-0.25, -0.2) is 4.98 Å². The number of carbonyl (C=O) groups is 1. The number of thiazole rings is 1. The maximum Gasteiger partial charge on any atom is 0.309 e. The molecule has 114 valence electrons. The van der Waals surface area contributed by atoms with Crippen molar-refractivity contribution in [2.45, 2.75) is 33.1 Å². The van der Waals surface area contributed by atoms with Crippen LogP contribution in [0.4, 0.5) is 0 Å². The van der Waals surface area contributed by atoms with Gasteiger partial charge in [-0.15, -0.1) is 11.3 Å². The second-order valence-electron chi connectivity index (χ2n) is 4.68. The highest BCUT2D eigenvalue weighted by Crippen LogP contribution is 2.10. The van der Waals surface area contributed by atoms with E-state index in [2.05, 4.69) is 29.0 Å². The number of hydrogen-bond donors (Lipinski definition) is 2. The Kier molecular flexibility index (Phi) is 8.41. The fourth-order valence-electron chi connectivity index (χ4n) is 1.99. The Labute approximate surface area is 125 Å². The molecule has 0 aliphatic carbocycles. The lowest BCUT2D eigenvalue weighted by Gasteiger charge is -2.17. The average molecular weight is 299 g/mol. The van der Waals surface area contributed by atoms with Crippen LogP contribution in [0, 0.1) is 0 Å². The molecule has 0 saturated carbocycles. The molecule has 0 spiro atoms. The van der Waals surface area contributed by atoms with Crippen LogP contribution in [0.2, 0.25) is 0 Å². The Morgan fingerprint density at radius 2 is 2.15 bits per heavy atom. The molecule has 1 heterocycles. The minimum atomic E-state index is -0.823. The summed E-state index contributed by atoms with van der Waals surface area (Å²) < 4.78 is 0. The molecule has 1 aromatic rings. The van der Waals surface area contributed by atoms with Crippen molar-refractivity contribution in [1.29, 1.82) is 0 Å². The van der Waals surface area contributed by atoms with Crippen molar-refractivity contribution < 1.29 is 9.90 Å². The predicted molar refractivity (Wildman–Crippen MR) is 82.4 cm³/mol. The summed E-state index contributed by atoms with van der Waals surface area (Å²) in [6.45, 7) is 9.66. The zero-order valence-electron chi connectivity index (χ0n) is 12.4. The maximum absolute atomic E-state index is 10.6. The lowest BCUT2D eigenvalue weighted by molar-refractivity contribution is -0.136. The molecule has 0 radical (unpaired) electrons. The first-order valence-corrected chi connectivity index (χ1v) is 8.11. The summed E-state index contributed by atoms with van der Waals surface area (Å²) in [7, 11) is 0.